The minimum Gasteiger partial charge on any atom is -0.366 e. The maximum atomic E-state index is 13.8. The standard InChI is InChI=1S/C26H27F3N2/c1-17-14-23(15-18(2)20(17)4)24(26(27,28)29)11-9-21-8-10-22(19(3)13-21)16-31-25-7-5-6-12-30-25/h5-15,24H,16H2,1-4H3,(H,30,31)/b11-9+. The van der Waals surface area contributed by atoms with Gasteiger partial charge in [0, 0.05) is 12.7 Å². The van der Waals surface area contributed by atoms with E-state index in [1.165, 1.54) is 6.08 Å². The van der Waals surface area contributed by atoms with E-state index in [1.54, 1.807) is 24.4 Å². The van der Waals surface area contributed by atoms with Gasteiger partial charge in [-0.15, -0.1) is 0 Å². The zero-order valence-corrected chi connectivity index (χ0v) is 18.2. The molecule has 1 aromatic heterocycles. The minimum absolute atomic E-state index is 0.275. The van der Waals surface area contributed by atoms with Crippen molar-refractivity contribution in [3.05, 3.63) is 99.7 Å². The summed E-state index contributed by atoms with van der Waals surface area (Å²) in [5.74, 6) is -0.862. The molecule has 0 aliphatic rings. The van der Waals surface area contributed by atoms with Crippen molar-refractivity contribution < 1.29 is 13.2 Å². The van der Waals surface area contributed by atoms with E-state index < -0.39 is 12.1 Å². The summed E-state index contributed by atoms with van der Waals surface area (Å²) in [5.41, 5.74) is 5.87. The molecule has 2 aromatic carbocycles. The van der Waals surface area contributed by atoms with Crippen molar-refractivity contribution in [1.82, 2.24) is 4.98 Å². The quantitative estimate of drug-likeness (QED) is 0.449. The van der Waals surface area contributed by atoms with Gasteiger partial charge in [0.25, 0.3) is 0 Å². The molecule has 1 unspecified atom stereocenters. The third kappa shape index (κ3) is 5.75. The van der Waals surface area contributed by atoms with Crippen molar-refractivity contribution in [2.45, 2.75) is 46.3 Å². The van der Waals surface area contributed by atoms with E-state index in [4.69, 9.17) is 0 Å². The monoisotopic (exact) mass is 424 g/mol. The smallest absolute Gasteiger partial charge is 0.366 e. The molecule has 0 bridgehead atoms. The molecule has 0 amide bonds. The van der Waals surface area contributed by atoms with Gasteiger partial charge < -0.3 is 5.32 Å². The van der Waals surface area contributed by atoms with E-state index in [0.717, 1.165) is 39.2 Å². The number of rotatable bonds is 6. The zero-order chi connectivity index (χ0) is 22.6. The average Bonchev–Trinajstić information content (AvgIpc) is 2.71. The molecule has 1 N–H and O–H groups in total. The first-order valence-corrected chi connectivity index (χ1v) is 10.2. The van der Waals surface area contributed by atoms with Crippen molar-refractivity contribution in [3.63, 3.8) is 0 Å². The Hall–Kier alpha value is -3.08. The molecule has 162 valence electrons. The molecule has 0 aliphatic heterocycles. The Morgan fingerprint density at radius 2 is 1.65 bits per heavy atom. The zero-order valence-electron chi connectivity index (χ0n) is 18.2. The SMILES string of the molecule is Cc1cc(/C=C/C(c2cc(C)c(C)c(C)c2)C(F)(F)F)ccc1CNc1ccccn1. The lowest BCUT2D eigenvalue weighted by Crippen LogP contribution is -2.19. The number of allylic oxidation sites excluding steroid dienone is 1. The highest BCUT2D eigenvalue weighted by atomic mass is 19.4. The fourth-order valence-corrected chi connectivity index (χ4v) is 3.54. The van der Waals surface area contributed by atoms with E-state index in [1.807, 2.05) is 64.1 Å². The number of hydrogen-bond acceptors (Lipinski definition) is 2. The fourth-order valence-electron chi connectivity index (χ4n) is 3.54. The molecule has 0 fully saturated rings. The maximum absolute atomic E-state index is 13.8. The fraction of sp³-hybridized carbons (Fsp3) is 0.269. The third-order valence-corrected chi connectivity index (χ3v) is 5.63. The molecule has 0 aliphatic carbocycles. The van der Waals surface area contributed by atoms with E-state index in [9.17, 15) is 13.2 Å². The number of anilines is 1. The van der Waals surface area contributed by atoms with Crippen LogP contribution in [-0.2, 0) is 6.54 Å². The van der Waals surface area contributed by atoms with Crippen molar-refractivity contribution in [2.75, 3.05) is 5.32 Å². The van der Waals surface area contributed by atoms with E-state index in [-0.39, 0.29) is 5.56 Å². The molecule has 3 rings (SSSR count). The summed E-state index contributed by atoms with van der Waals surface area (Å²) in [4.78, 5) is 4.23. The number of aromatic nitrogens is 1. The Labute approximate surface area is 181 Å². The summed E-state index contributed by atoms with van der Waals surface area (Å²) < 4.78 is 41.4. The summed E-state index contributed by atoms with van der Waals surface area (Å²) in [5, 5.41) is 3.25. The highest BCUT2D eigenvalue weighted by Gasteiger charge is 2.39. The van der Waals surface area contributed by atoms with Gasteiger partial charge in [0.1, 0.15) is 5.82 Å². The van der Waals surface area contributed by atoms with Crippen LogP contribution in [-0.4, -0.2) is 11.2 Å². The van der Waals surface area contributed by atoms with Crippen molar-refractivity contribution >= 4 is 11.9 Å². The highest BCUT2D eigenvalue weighted by Crippen LogP contribution is 2.37. The Morgan fingerprint density at radius 3 is 2.23 bits per heavy atom. The number of hydrogen-bond donors (Lipinski definition) is 1. The van der Waals surface area contributed by atoms with Crippen LogP contribution in [0.3, 0.4) is 0 Å². The Kier molecular flexibility index (Phi) is 6.84. The molecule has 31 heavy (non-hydrogen) atoms. The van der Waals surface area contributed by atoms with Crippen molar-refractivity contribution in [2.24, 2.45) is 0 Å². The Morgan fingerprint density at radius 1 is 0.935 bits per heavy atom. The summed E-state index contributed by atoms with van der Waals surface area (Å²) in [6, 6.07) is 14.6. The molecule has 1 atom stereocenters. The van der Waals surface area contributed by atoms with Crippen molar-refractivity contribution in [1.29, 1.82) is 0 Å². The lowest BCUT2D eigenvalue weighted by Gasteiger charge is -2.19. The first-order chi connectivity index (χ1) is 14.6. The van der Waals surface area contributed by atoms with Gasteiger partial charge in [-0.25, -0.2) is 4.98 Å². The van der Waals surface area contributed by atoms with Gasteiger partial charge in [0.15, 0.2) is 0 Å². The van der Waals surface area contributed by atoms with Crippen LogP contribution in [0.2, 0.25) is 0 Å². The normalized spacial score (nSPS) is 12.9. The molecule has 0 saturated carbocycles. The van der Waals surface area contributed by atoms with Crippen molar-refractivity contribution in [3.8, 4) is 0 Å². The van der Waals surface area contributed by atoms with E-state index >= 15 is 0 Å². The predicted molar refractivity (Wildman–Crippen MR) is 121 cm³/mol. The van der Waals surface area contributed by atoms with Gasteiger partial charge in [-0.05, 0) is 78.8 Å². The molecular weight excluding hydrogens is 397 g/mol. The second kappa shape index (κ2) is 9.38. The average molecular weight is 425 g/mol. The number of halogens is 3. The van der Waals surface area contributed by atoms with Gasteiger partial charge in [-0.1, -0.05) is 48.6 Å². The lowest BCUT2D eigenvalue weighted by molar-refractivity contribution is -0.139. The van der Waals surface area contributed by atoms with E-state index in [2.05, 4.69) is 10.3 Å². The molecule has 0 radical (unpaired) electrons. The van der Waals surface area contributed by atoms with E-state index in [0.29, 0.717) is 6.54 Å². The van der Waals surface area contributed by atoms with Crippen LogP contribution in [0, 0.1) is 27.7 Å². The van der Waals surface area contributed by atoms with Gasteiger partial charge in [-0.3, -0.25) is 0 Å². The minimum atomic E-state index is -4.35. The number of aryl methyl sites for hydroxylation is 3. The second-order valence-corrected chi connectivity index (χ2v) is 7.91. The molecular formula is C26H27F3N2. The van der Waals surface area contributed by atoms with Gasteiger partial charge in [0.2, 0.25) is 0 Å². The second-order valence-electron chi connectivity index (χ2n) is 7.91. The number of benzene rings is 2. The van der Waals surface area contributed by atoms with Gasteiger partial charge in [-0.2, -0.15) is 13.2 Å². The Balaban J connectivity index is 1.80. The molecule has 3 aromatic rings. The maximum Gasteiger partial charge on any atom is 0.399 e. The van der Waals surface area contributed by atoms with Crippen LogP contribution >= 0.6 is 0 Å². The molecule has 0 spiro atoms. The van der Waals surface area contributed by atoms with Crippen LogP contribution in [0.1, 0.15) is 44.9 Å². The molecule has 2 nitrogen and oxygen atoms in total. The molecule has 1 heterocycles. The van der Waals surface area contributed by atoms with Crippen LogP contribution < -0.4 is 5.32 Å². The molecule has 5 heteroatoms. The Bertz CT molecular complexity index is 1050. The predicted octanol–water partition coefficient (Wildman–Crippen LogP) is 7.29. The summed E-state index contributed by atoms with van der Waals surface area (Å²) >= 11 is 0. The largest absolute Gasteiger partial charge is 0.399 e. The highest BCUT2D eigenvalue weighted by molar-refractivity contribution is 5.54. The lowest BCUT2D eigenvalue weighted by atomic mass is 9.91. The summed E-state index contributed by atoms with van der Waals surface area (Å²) in [6.45, 7) is 8.19. The van der Waals surface area contributed by atoms with Crippen LogP contribution in [0.25, 0.3) is 6.08 Å². The van der Waals surface area contributed by atoms with Crippen LogP contribution in [0.15, 0.2) is 60.8 Å². The van der Waals surface area contributed by atoms with Gasteiger partial charge >= 0.3 is 6.18 Å². The molecule has 0 saturated heterocycles. The first kappa shape index (κ1) is 22.6. The number of pyridine rings is 1. The van der Waals surface area contributed by atoms with Gasteiger partial charge in [0.05, 0.1) is 5.92 Å². The summed E-state index contributed by atoms with van der Waals surface area (Å²) in [7, 11) is 0. The topological polar surface area (TPSA) is 24.9 Å². The number of alkyl halides is 3. The number of nitrogens with one attached hydrogen (secondary N) is 1. The number of nitrogens with zero attached hydrogens (tertiary/aromatic N) is 1. The first-order valence-electron chi connectivity index (χ1n) is 10.2. The summed E-state index contributed by atoms with van der Waals surface area (Å²) in [6.07, 6.45) is 0.180. The third-order valence-electron chi connectivity index (χ3n) is 5.63. The van der Waals surface area contributed by atoms with Crippen LogP contribution in [0.4, 0.5) is 19.0 Å². The van der Waals surface area contributed by atoms with Crippen LogP contribution in [0.5, 0.6) is 0 Å².